The first-order chi connectivity index (χ1) is 12.0. The van der Waals surface area contributed by atoms with E-state index in [0.29, 0.717) is 11.6 Å². The van der Waals surface area contributed by atoms with Crippen LogP contribution in [-0.4, -0.2) is 17.9 Å². The Bertz CT molecular complexity index is 873. The Morgan fingerprint density at radius 1 is 1.04 bits per heavy atom. The Morgan fingerprint density at radius 2 is 1.64 bits per heavy atom. The van der Waals surface area contributed by atoms with E-state index < -0.39 is 8.32 Å². The standard InChI is InChI=1S/C21H24N2OSi/c1-21(2)16-25(21,19-12-8-5-9-13-19)24-15-18-14-23(3)20(22-18)17-10-6-4-7-11-17/h4-14H,15-16H2,1-3H3. The van der Waals surface area contributed by atoms with E-state index in [-0.39, 0.29) is 0 Å². The molecule has 2 heterocycles. The maximum atomic E-state index is 6.60. The van der Waals surface area contributed by atoms with Gasteiger partial charge in [0.15, 0.2) is 0 Å². The van der Waals surface area contributed by atoms with Crippen LogP contribution in [0.2, 0.25) is 11.1 Å². The van der Waals surface area contributed by atoms with Gasteiger partial charge in [0.05, 0.1) is 12.3 Å². The summed E-state index contributed by atoms with van der Waals surface area (Å²) in [7, 11) is 0.169. The number of hydrogen-bond donors (Lipinski definition) is 0. The lowest BCUT2D eigenvalue weighted by Crippen LogP contribution is -2.39. The fourth-order valence-electron chi connectivity index (χ4n) is 3.76. The number of aromatic nitrogens is 2. The number of aryl methyl sites for hydroxylation is 1. The Labute approximate surface area is 150 Å². The topological polar surface area (TPSA) is 27.1 Å². The van der Waals surface area contributed by atoms with E-state index in [1.54, 1.807) is 0 Å². The van der Waals surface area contributed by atoms with E-state index in [2.05, 4.69) is 67.1 Å². The monoisotopic (exact) mass is 348 g/mol. The van der Waals surface area contributed by atoms with Crippen molar-refractivity contribution < 1.29 is 4.43 Å². The van der Waals surface area contributed by atoms with Gasteiger partial charge in [-0.05, 0) is 16.3 Å². The molecule has 0 aliphatic carbocycles. The van der Waals surface area contributed by atoms with Crippen LogP contribution in [0.4, 0.5) is 0 Å². The second kappa shape index (κ2) is 5.97. The first kappa shape index (κ1) is 16.3. The van der Waals surface area contributed by atoms with Crippen molar-refractivity contribution in [1.82, 2.24) is 9.55 Å². The van der Waals surface area contributed by atoms with Gasteiger partial charge in [0, 0.05) is 18.8 Å². The minimum Gasteiger partial charge on any atom is -0.406 e. The Hall–Kier alpha value is -2.17. The minimum atomic E-state index is -1.88. The second-order valence-electron chi connectivity index (χ2n) is 7.58. The zero-order chi connectivity index (χ0) is 17.5. The van der Waals surface area contributed by atoms with Crippen molar-refractivity contribution in [3.8, 4) is 11.4 Å². The third-order valence-electron chi connectivity index (χ3n) is 5.32. The molecule has 0 radical (unpaired) electrons. The summed E-state index contributed by atoms with van der Waals surface area (Å²) in [5.41, 5.74) is 2.14. The largest absolute Gasteiger partial charge is 0.406 e. The molecule has 0 spiro atoms. The van der Waals surface area contributed by atoms with Crippen LogP contribution < -0.4 is 5.19 Å². The molecule has 1 atom stereocenters. The smallest absolute Gasteiger partial charge is 0.230 e. The average molecular weight is 349 g/mol. The van der Waals surface area contributed by atoms with Crippen molar-refractivity contribution in [2.75, 3.05) is 0 Å². The summed E-state index contributed by atoms with van der Waals surface area (Å²) in [5.74, 6) is 0.990. The predicted molar refractivity (Wildman–Crippen MR) is 104 cm³/mol. The molecule has 2 aromatic carbocycles. The molecule has 1 aliphatic rings. The molecule has 3 aromatic rings. The Balaban J connectivity index is 1.56. The lowest BCUT2D eigenvalue weighted by atomic mass is 10.2. The van der Waals surface area contributed by atoms with Gasteiger partial charge in [-0.2, -0.15) is 0 Å². The molecule has 0 amide bonds. The summed E-state index contributed by atoms with van der Waals surface area (Å²) in [6, 6.07) is 22.3. The fraction of sp³-hybridized carbons (Fsp3) is 0.286. The van der Waals surface area contributed by atoms with Crippen molar-refractivity contribution in [1.29, 1.82) is 0 Å². The molecule has 1 aliphatic heterocycles. The van der Waals surface area contributed by atoms with E-state index in [1.165, 1.54) is 11.2 Å². The quantitative estimate of drug-likeness (QED) is 0.645. The normalized spacial score (nSPS) is 21.2. The molecule has 1 saturated heterocycles. The van der Waals surface area contributed by atoms with Crippen molar-refractivity contribution >= 4 is 13.5 Å². The van der Waals surface area contributed by atoms with Gasteiger partial charge in [-0.15, -0.1) is 0 Å². The van der Waals surface area contributed by atoms with Gasteiger partial charge in [0.2, 0.25) is 8.32 Å². The molecule has 128 valence electrons. The third kappa shape index (κ3) is 2.85. The van der Waals surface area contributed by atoms with Crippen LogP contribution in [0, 0.1) is 0 Å². The molecule has 4 rings (SSSR count). The van der Waals surface area contributed by atoms with Gasteiger partial charge in [0.25, 0.3) is 0 Å². The fourth-order valence-corrected chi connectivity index (χ4v) is 8.17. The van der Waals surface area contributed by atoms with E-state index in [9.17, 15) is 0 Å². The van der Waals surface area contributed by atoms with Crippen molar-refractivity contribution in [2.24, 2.45) is 7.05 Å². The maximum absolute atomic E-state index is 6.60. The van der Waals surface area contributed by atoms with Gasteiger partial charge >= 0.3 is 0 Å². The summed E-state index contributed by atoms with van der Waals surface area (Å²) in [4.78, 5) is 4.81. The summed E-state index contributed by atoms with van der Waals surface area (Å²) in [6.07, 6.45) is 2.09. The molecule has 4 heteroatoms. The summed E-state index contributed by atoms with van der Waals surface area (Å²) in [5, 5.41) is 1.70. The maximum Gasteiger partial charge on any atom is 0.230 e. The zero-order valence-corrected chi connectivity index (χ0v) is 16.1. The number of imidazole rings is 1. The van der Waals surface area contributed by atoms with Crippen LogP contribution >= 0.6 is 0 Å². The number of nitrogens with zero attached hydrogens (tertiary/aromatic N) is 2. The molecular formula is C21H24N2OSi. The average Bonchev–Trinajstić information content (AvgIpc) is 3.00. The van der Waals surface area contributed by atoms with Crippen molar-refractivity contribution in [2.45, 2.75) is 31.5 Å². The van der Waals surface area contributed by atoms with Gasteiger partial charge in [-0.1, -0.05) is 74.5 Å². The summed E-state index contributed by atoms with van der Waals surface area (Å²) < 4.78 is 8.68. The summed E-state index contributed by atoms with van der Waals surface area (Å²) in [6.45, 7) is 5.26. The zero-order valence-electron chi connectivity index (χ0n) is 15.1. The third-order valence-corrected chi connectivity index (χ3v) is 10.5. The SMILES string of the molecule is Cn1cc(CO[Si]2(c3ccccc3)CC2(C)C)nc1-c1ccccc1. The predicted octanol–water partition coefficient (Wildman–Crippen LogP) is 4.25. The first-order valence-corrected chi connectivity index (χ1v) is 10.9. The molecule has 0 bridgehead atoms. The van der Waals surface area contributed by atoms with Crippen LogP contribution in [0.3, 0.4) is 0 Å². The lowest BCUT2D eigenvalue weighted by molar-refractivity contribution is 0.303. The van der Waals surface area contributed by atoms with Gasteiger partial charge in [0.1, 0.15) is 5.82 Å². The molecule has 0 N–H and O–H groups in total. The van der Waals surface area contributed by atoms with Crippen LogP contribution in [0.25, 0.3) is 11.4 Å². The van der Waals surface area contributed by atoms with Crippen LogP contribution in [0.5, 0.6) is 0 Å². The Morgan fingerprint density at radius 3 is 2.24 bits per heavy atom. The number of hydrogen-bond acceptors (Lipinski definition) is 2. The molecular weight excluding hydrogens is 324 g/mol. The number of rotatable bonds is 5. The van der Waals surface area contributed by atoms with Crippen molar-refractivity contribution in [3.63, 3.8) is 0 Å². The molecule has 1 fully saturated rings. The highest BCUT2D eigenvalue weighted by molar-refractivity contribution is 6.98. The highest BCUT2D eigenvalue weighted by Crippen LogP contribution is 2.61. The van der Waals surface area contributed by atoms with Gasteiger partial charge in [-0.3, -0.25) is 0 Å². The minimum absolute atomic E-state index is 0.297. The highest BCUT2D eigenvalue weighted by Gasteiger charge is 2.67. The highest BCUT2D eigenvalue weighted by atomic mass is 28.4. The molecule has 1 unspecified atom stereocenters. The van der Waals surface area contributed by atoms with Gasteiger partial charge < -0.3 is 8.99 Å². The van der Waals surface area contributed by atoms with E-state index in [0.717, 1.165) is 17.1 Å². The number of benzene rings is 2. The Kier molecular flexibility index (Phi) is 3.89. The molecule has 3 nitrogen and oxygen atoms in total. The molecule has 0 saturated carbocycles. The first-order valence-electron chi connectivity index (χ1n) is 8.79. The van der Waals surface area contributed by atoms with E-state index in [4.69, 9.17) is 9.41 Å². The van der Waals surface area contributed by atoms with Crippen LogP contribution in [0.1, 0.15) is 19.5 Å². The van der Waals surface area contributed by atoms with Crippen LogP contribution in [0.15, 0.2) is 66.9 Å². The van der Waals surface area contributed by atoms with Gasteiger partial charge in [-0.25, -0.2) is 4.98 Å². The van der Waals surface area contributed by atoms with Crippen LogP contribution in [-0.2, 0) is 18.1 Å². The molecule has 1 aromatic heterocycles. The summed E-state index contributed by atoms with van der Waals surface area (Å²) >= 11 is 0. The van der Waals surface area contributed by atoms with E-state index >= 15 is 0 Å². The van der Waals surface area contributed by atoms with E-state index in [1.807, 2.05) is 25.2 Å². The molecule has 25 heavy (non-hydrogen) atoms. The van der Waals surface area contributed by atoms with Crippen molar-refractivity contribution in [3.05, 3.63) is 72.6 Å². The lowest BCUT2D eigenvalue weighted by Gasteiger charge is -2.19. The second-order valence-corrected chi connectivity index (χ2v) is 11.8.